The van der Waals surface area contributed by atoms with Crippen molar-refractivity contribution >= 4 is 0 Å². The van der Waals surface area contributed by atoms with Gasteiger partial charge in [0, 0.05) is 12.0 Å². The normalized spacial score (nSPS) is 23.9. The zero-order valence-corrected chi connectivity index (χ0v) is 8.83. The Kier molecular flexibility index (Phi) is 2.17. The quantitative estimate of drug-likeness (QED) is 0.703. The van der Waals surface area contributed by atoms with Gasteiger partial charge in [-0.25, -0.2) is 0 Å². The SMILES string of the molecule is O[C@@H]1CCOc2cc3c(cc21)CCCC3. The van der Waals surface area contributed by atoms with E-state index < -0.39 is 0 Å². The number of hydrogen-bond donors (Lipinski definition) is 1. The van der Waals surface area contributed by atoms with Crippen LogP contribution in [0, 0.1) is 0 Å². The molecule has 1 aliphatic heterocycles. The van der Waals surface area contributed by atoms with Gasteiger partial charge in [0.25, 0.3) is 0 Å². The third-order valence-electron chi connectivity index (χ3n) is 3.48. The standard InChI is InChI=1S/C13H16O2/c14-12-5-6-15-13-8-10-4-2-1-3-9(10)7-11(12)13/h7-8,12,14H,1-6H2/t12-/m1/s1. The second-order valence-corrected chi connectivity index (χ2v) is 4.52. The summed E-state index contributed by atoms with van der Waals surface area (Å²) < 4.78 is 5.60. The van der Waals surface area contributed by atoms with Crippen LogP contribution < -0.4 is 4.74 Å². The summed E-state index contributed by atoms with van der Waals surface area (Å²) in [5, 5.41) is 9.88. The Morgan fingerprint density at radius 1 is 1.13 bits per heavy atom. The lowest BCUT2D eigenvalue weighted by atomic mass is 9.88. The first-order valence-electron chi connectivity index (χ1n) is 5.81. The number of aliphatic hydroxyl groups is 1. The molecule has 1 atom stereocenters. The van der Waals surface area contributed by atoms with Crippen molar-refractivity contribution in [3.8, 4) is 5.75 Å². The first kappa shape index (κ1) is 9.22. The van der Waals surface area contributed by atoms with Crippen LogP contribution in [0.3, 0.4) is 0 Å². The molecule has 2 aliphatic rings. The van der Waals surface area contributed by atoms with Gasteiger partial charge < -0.3 is 9.84 Å². The molecule has 0 amide bonds. The highest BCUT2D eigenvalue weighted by molar-refractivity contribution is 5.45. The number of aryl methyl sites for hydroxylation is 2. The monoisotopic (exact) mass is 204 g/mol. The second kappa shape index (κ2) is 3.53. The molecule has 1 heterocycles. The minimum absolute atomic E-state index is 0.319. The summed E-state index contributed by atoms with van der Waals surface area (Å²) in [4.78, 5) is 0. The average Bonchev–Trinajstić information content (AvgIpc) is 2.27. The van der Waals surface area contributed by atoms with Crippen molar-refractivity contribution in [3.05, 3.63) is 28.8 Å². The predicted molar refractivity (Wildman–Crippen MR) is 58.2 cm³/mol. The van der Waals surface area contributed by atoms with Crippen LogP contribution in [0.1, 0.15) is 42.1 Å². The molecule has 0 saturated carbocycles. The van der Waals surface area contributed by atoms with E-state index in [0.717, 1.165) is 24.2 Å². The average molecular weight is 204 g/mol. The highest BCUT2D eigenvalue weighted by atomic mass is 16.5. The molecule has 1 N–H and O–H groups in total. The Labute approximate surface area is 89.9 Å². The van der Waals surface area contributed by atoms with E-state index >= 15 is 0 Å². The van der Waals surface area contributed by atoms with E-state index in [2.05, 4.69) is 12.1 Å². The molecule has 1 aliphatic carbocycles. The lowest BCUT2D eigenvalue weighted by molar-refractivity contribution is 0.115. The molecule has 2 nitrogen and oxygen atoms in total. The summed E-state index contributed by atoms with van der Waals surface area (Å²) >= 11 is 0. The molecule has 0 bridgehead atoms. The Morgan fingerprint density at radius 2 is 1.87 bits per heavy atom. The fourth-order valence-corrected chi connectivity index (χ4v) is 2.60. The maximum absolute atomic E-state index is 9.88. The molecular formula is C13H16O2. The molecule has 80 valence electrons. The van der Waals surface area contributed by atoms with E-state index in [0.29, 0.717) is 6.61 Å². The second-order valence-electron chi connectivity index (χ2n) is 4.52. The molecule has 1 aromatic carbocycles. The first-order valence-corrected chi connectivity index (χ1v) is 5.81. The van der Waals surface area contributed by atoms with Crippen molar-refractivity contribution in [1.29, 1.82) is 0 Å². The van der Waals surface area contributed by atoms with E-state index in [9.17, 15) is 5.11 Å². The van der Waals surface area contributed by atoms with Crippen LogP contribution in [0.15, 0.2) is 12.1 Å². The van der Waals surface area contributed by atoms with Crippen molar-refractivity contribution in [2.24, 2.45) is 0 Å². The van der Waals surface area contributed by atoms with Crippen molar-refractivity contribution in [2.45, 2.75) is 38.2 Å². The minimum atomic E-state index is -0.319. The summed E-state index contributed by atoms with van der Waals surface area (Å²) in [7, 11) is 0. The van der Waals surface area contributed by atoms with E-state index in [1.54, 1.807) is 0 Å². The number of ether oxygens (including phenoxy) is 1. The smallest absolute Gasteiger partial charge is 0.125 e. The van der Waals surface area contributed by atoms with Gasteiger partial charge in [-0.3, -0.25) is 0 Å². The molecule has 2 heteroatoms. The van der Waals surface area contributed by atoms with Crippen molar-refractivity contribution in [1.82, 2.24) is 0 Å². The summed E-state index contributed by atoms with van der Waals surface area (Å²) in [6.07, 6.45) is 5.31. The fraction of sp³-hybridized carbons (Fsp3) is 0.538. The van der Waals surface area contributed by atoms with Gasteiger partial charge in [-0.15, -0.1) is 0 Å². The molecule has 0 saturated heterocycles. The van der Waals surface area contributed by atoms with Crippen LogP contribution in [-0.2, 0) is 12.8 Å². The van der Waals surface area contributed by atoms with Crippen molar-refractivity contribution in [2.75, 3.05) is 6.61 Å². The van der Waals surface area contributed by atoms with Gasteiger partial charge in [0.1, 0.15) is 5.75 Å². The van der Waals surface area contributed by atoms with E-state index in [-0.39, 0.29) is 6.10 Å². The van der Waals surface area contributed by atoms with Gasteiger partial charge in [0.2, 0.25) is 0 Å². The van der Waals surface area contributed by atoms with Crippen LogP contribution in [0.25, 0.3) is 0 Å². The molecule has 3 rings (SSSR count). The van der Waals surface area contributed by atoms with E-state index in [4.69, 9.17) is 4.74 Å². The third-order valence-corrected chi connectivity index (χ3v) is 3.48. The number of rotatable bonds is 0. The maximum atomic E-state index is 9.88. The van der Waals surface area contributed by atoms with E-state index in [1.165, 1.54) is 30.4 Å². The molecular weight excluding hydrogens is 188 g/mol. The Morgan fingerprint density at radius 3 is 2.67 bits per heavy atom. The molecule has 15 heavy (non-hydrogen) atoms. The van der Waals surface area contributed by atoms with Gasteiger partial charge in [0.05, 0.1) is 12.7 Å². The predicted octanol–water partition coefficient (Wildman–Crippen LogP) is 2.38. The van der Waals surface area contributed by atoms with Crippen LogP contribution in [0.4, 0.5) is 0 Å². The zero-order valence-electron chi connectivity index (χ0n) is 8.83. The molecule has 0 fully saturated rings. The summed E-state index contributed by atoms with van der Waals surface area (Å²) in [6.45, 7) is 0.646. The Bertz CT molecular complexity index is 384. The Hall–Kier alpha value is -1.02. The van der Waals surface area contributed by atoms with Crippen LogP contribution in [0.2, 0.25) is 0 Å². The lowest BCUT2D eigenvalue weighted by Crippen LogP contribution is -2.15. The summed E-state index contributed by atoms with van der Waals surface area (Å²) in [5.41, 5.74) is 3.85. The molecule has 0 aromatic heterocycles. The number of fused-ring (bicyclic) bond motifs is 2. The first-order chi connectivity index (χ1) is 7.34. The minimum Gasteiger partial charge on any atom is -0.493 e. The summed E-state index contributed by atoms with van der Waals surface area (Å²) in [5.74, 6) is 0.911. The zero-order chi connectivity index (χ0) is 10.3. The van der Waals surface area contributed by atoms with Gasteiger partial charge >= 0.3 is 0 Å². The van der Waals surface area contributed by atoms with E-state index in [1.807, 2.05) is 0 Å². The van der Waals surface area contributed by atoms with Gasteiger partial charge in [-0.1, -0.05) is 0 Å². The molecule has 0 spiro atoms. The topological polar surface area (TPSA) is 29.5 Å². The van der Waals surface area contributed by atoms with Gasteiger partial charge in [0.15, 0.2) is 0 Å². The van der Waals surface area contributed by atoms with Crippen LogP contribution >= 0.6 is 0 Å². The van der Waals surface area contributed by atoms with Gasteiger partial charge in [-0.2, -0.15) is 0 Å². The molecule has 1 aromatic rings. The summed E-state index contributed by atoms with van der Waals surface area (Å²) in [6, 6.07) is 4.31. The highest BCUT2D eigenvalue weighted by Crippen LogP contribution is 2.36. The van der Waals surface area contributed by atoms with Crippen molar-refractivity contribution < 1.29 is 9.84 Å². The maximum Gasteiger partial charge on any atom is 0.125 e. The largest absolute Gasteiger partial charge is 0.493 e. The molecule has 0 unspecified atom stereocenters. The van der Waals surface area contributed by atoms with Crippen molar-refractivity contribution in [3.63, 3.8) is 0 Å². The van der Waals surface area contributed by atoms with Crippen LogP contribution in [0.5, 0.6) is 5.75 Å². The third kappa shape index (κ3) is 1.53. The highest BCUT2D eigenvalue weighted by Gasteiger charge is 2.22. The fourth-order valence-electron chi connectivity index (χ4n) is 2.60. The Balaban J connectivity index is 2.08. The van der Waals surface area contributed by atoms with Gasteiger partial charge in [-0.05, 0) is 48.9 Å². The number of benzene rings is 1. The number of aliphatic hydroxyl groups excluding tert-OH is 1. The molecule has 0 radical (unpaired) electrons. The van der Waals surface area contributed by atoms with Crippen LogP contribution in [-0.4, -0.2) is 11.7 Å². The lowest BCUT2D eigenvalue weighted by Gasteiger charge is -2.26. The number of hydrogen-bond acceptors (Lipinski definition) is 2.